The quantitative estimate of drug-likeness (QED) is 0.284. The van der Waals surface area contributed by atoms with Crippen molar-refractivity contribution in [1.82, 2.24) is 14.5 Å². The van der Waals surface area contributed by atoms with E-state index in [4.69, 9.17) is 4.74 Å². The maximum atomic E-state index is 14.6. The molecule has 0 amide bonds. The van der Waals surface area contributed by atoms with E-state index in [0.29, 0.717) is 23.3 Å². The standard InChI is InChI=1S/C22H18FIN4O2/c1-2-30-22(29)21-20(27-18-4-3-15(24)11-17(18)23)16-12-26-10-7-19(16)28(21)13-14-5-8-25-9-6-14/h3-12,27H,2,13H2,1H3. The van der Waals surface area contributed by atoms with Crippen molar-refractivity contribution < 1.29 is 13.9 Å². The summed E-state index contributed by atoms with van der Waals surface area (Å²) in [6.07, 6.45) is 6.73. The minimum Gasteiger partial charge on any atom is -0.461 e. The first-order valence-electron chi connectivity index (χ1n) is 9.32. The lowest BCUT2D eigenvalue weighted by atomic mass is 10.2. The first kappa shape index (κ1) is 20.3. The lowest BCUT2D eigenvalue weighted by molar-refractivity contribution is 0.0516. The van der Waals surface area contributed by atoms with E-state index in [2.05, 4.69) is 37.9 Å². The Labute approximate surface area is 186 Å². The van der Waals surface area contributed by atoms with E-state index in [1.54, 1.807) is 43.8 Å². The number of nitrogens with zero attached hydrogens (tertiary/aromatic N) is 3. The van der Waals surface area contributed by atoms with Crippen molar-refractivity contribution in [3.63, 3.8) is 0 Å². The summed E-state index contributed by atoms with van der Waals surface area (Å²) in [5, 5.41) is 3.81. The highest BCUT2D eigenvalue weighted by molar-refractivity contribution is 14.1. The number of carbonyl (C=O) groups excluding carboxylic acids is 1. The SMILES string of the molecule is CCOC(=O)c1c(Nc2ccc(I)cc2F)c2cnccc2n1Cc1ccncc1. The Morgan fingerprint density at radius 2 is 1.93 bits per heavy atom. The van der Waals surface area contributed by atoms with E-state index >= 15 is 0 Å². The van der Waals surface area contributed by atoms with Crippen LogP contribution in [0.5, 0.6) is 0 Å². The highest BCUT2D eigenvalue weighted by atomic mass is 127. The molecule has 1 N–H and O–H groups in total. The highest BCUT2D eigenvalue weighted by Crippen LogP contribution is 2.35. The maximum Gasteiger partial charge on any atom is 0.357 e. The number of aromatic nitrogens is 3. The lowest BCUT2D eigenvalue weighted by Crippen LogP contribution is -2.15. The fraction of sp³-hybridized carbons (Fsp3) is 0.136. The van der Waals surface area contributed by atoms with Crippen molar-refractivity contribution in [2.24, 2.45) is 0 Å². The van der Waals surface area contributed by atoms with Gasteiger partial charge in [-0.3, -0.25) is 9.97 Å². The summed E-state index contributed by atoms with van der Waals surface area (Å²) < 4.78 is 22.5. The van der Waals surface area contributed by atoms with Gasteiger partial charge < -0.3 is 14.6 Å². The predicted molar refractivity (Wildman–Crippen MR) is 121 cm³/mol. The van der Waals surface area contributed by atoms with Gasteiger partial charge in [-0.15, -0.1) is 0 Å². The van der Waals surface area contributed by atoms with E-state index in [-0.39, 0.29) is 12.3 Å². The topological polar surface area (TPSA) is 69.0 Å². The number of fused-ring (bicyclic) bond motifs is 1. The zero-order chi connectivity index (χ0) is 21.1. The zero-order valence-corrected chi connectivity index (χ0v) is 18.3. The van der Waals surface area contributed by atoms with Crippen LogP contribution in [0.15, 0.2) is 61.2 Å². The molecule has 152 valence electrons. The monoisotopic (exact) mass is 516 g/mol. The molecule has 0 aliphatic carbocycles. The number of esters is 1. The van der Waals surface area contributed by atoms with Crippen molar-refractivity contribution in [1.29, 1.82) is 0 Å². The van der Waals surface area contributed by atoms with Crippen LogP contribution in [-0.4, -0.2) is 27.1 Å². The summed E-state index contributed by atoms with van der Waals surface area (Å²) in [5.74, 6) is -0.896. The van der Waals surface area contributed by atoms with Crippen molar-refractivity contribution in [2.75, 3.05) is 11.9 Å². The summed E-state index contributed by atoms with van der Waals surface area (Å²) in [4.78, 5) is 21.2. The summed E-state index contributed by atoms with van der Waals surface area (Å²) in [6.45, 7) is 2.40. The average molecular weight is 516 g/mol. The lowest BCUT2D eigenvalue weighted by Gasteiger charge is -2.13. The molecule has 0 aliphatic rings. The number of nitrogens with one attached hydrogen (secondary N) is 1. The molecular weight excluding hydrogens is 498 g/mol. The fourth-order valence-electron chi connectivity index (χ4n) is 3.30. The molecule has 8 heteroatoms. The van der Waals surface area contributed by atoms with Gasteiger partial charge in [0, 0.05) is 40.3 Å². The van der Waals surface area contributed by atoms with E-state index in [9.17, 15) is 9.18 Å². The van der Waals surface area contributed by atoms with Crippen molar-refractivity contribution >= 4 is 50.8 Å². The highest BCUT2D eigenvalue weighted by Gasteiger charge is 2.25. The summed E-state index contributed by atoms with van der Waals surface area (Å²) in [5.41, 5.74) is 2.81. The van der Waals surface area contributed by atoms with Crippen LogP contribution in [-0.2, 0) is 11.3 Å². The van der Waals surface area contributed by atoms with Gasteiger partial charge in [-0.1, -0.05) is 0 Å². The summed E-state index contributed by atoms with van der Waals surface area (Å²) in [7, 11) is 0. The van der Waals surface area contributed by atoms with Crippen LogP contribution in [0.25, 0.3) is 10.9 Å². The first-order valence-corrected chi connectivity index (χ1v) is 10.4. The van der Waals surface area contributed by atoms with Gasteiger partial charge in [-0.25, -0.2) is 9.18 Å². The molecule has 0 saturated heterocycles. The van der Waals surface area contributed by atoms with Crippen LogP contribution in [0.4, 0.5) is 15.8 Å². The maximum absolute atomic E-state index is 14.6. The number of halogens is 2. The largest absolute Gasteiger partial charge is 0.461 e. The average Bonchev–Trinajstić information content (AvgIpc) is 3.04. The number of carbonyl (C=O) groups is 1. The van der Waals surface area contributed by atoms with E-state index in [1.165, 1.54) is 6.07 Å². The number of hydrogen-bond donors (Lipinski definition) is 1. The third-order valence-corrected chi connectivity index (χ3v) is 5.29. The van der Waals surface area contributed by atoms with Crippen molar-refractivity contribution in [2.45, 2.75) is 13.5 Å². The molecule has 1 aromatic carbocycles. The molecule has 4 aromatic rings. The normalized spacial score (nSPS) is 10.9. The van der Waals surface area contributed by atoms with Gasteiger partial charge in [0.1, 0.15) is 5.82 Å². The molecule has 0 atom stereocenters. The zero-order valence-electron chi connectivity index (χ0n) is 16.1. The van der Waals surface area contributed by atoms with Crippen LogP contribution in [0.2, 0.25) is 0 Å². The predicted octanol–water partition coefficient (Wildman–Crippen LogP) is 5.14. The molecule has 0 bridgehead atoms. The van der Waals surface area contributed by atoms with Crippen LogP contribution in [0, 0.1) is 9.39 Å². The second-order valence-corrected chi connectivity index (χ2v) is 7.77. The van der Waals surface area contributed by atoms with Crippen LogP contribution in [0.1, 0.15) is 23.0 Å². The molecule has 0 aliphatic heterocycles. The van der Waals surface area contributed by atoms with E-state index in [0.717, 1.165) is 14.7 Å². The van der Waals surface area contributed by atoms with Crippen LogP contribution >= 0.6 is 22.6 Å². The summed E-state index contributed by atoms with van der Waals surface area (Å²) in [6, 6.07) is 10.5. The molecule has 3 heterocycles. The third kappa shape index (κ3) is 4.00. The first-order chi connectivity index (χ1) is 14.6. The van der Waals surface area contributed by atoms with Crippen molar-refractivity contribution in [3.8, 4) is 0 Å². The van der Waals surface area contributed by atoms with Gasteiger partial charge in [-0.05, 0) is 71.5 Å². The Hall–Kier alpha value is -3.01. The molecular formula is C22H18FIN4O2. The molecule has 0 fully saturated rings. The van der Waals surface area contributed by atoms with Crippen LogP contribution < -0.4 is 5.32 Å². The third-order valence-electron chi connectivity index (χ3n) is 4.61. The smallest absolute Gasteiger partial charge is 0.357 e. The molecule has 0 spiro atoms. The number of pyridine rings is 2. The Kier molecular flexibility index (Phi) is 5.93. The minimum absolute atomic E-state index is 0.227. The molecule has 0 saturated carbocycles. The van der Waals surface area contributed by atoms with Gasteiger partial charge >= 0.3 is 5.97 Å². The molecule has 3 aromatic heterocycles. The summed E-state index contributed by atoms with van der Waals surface area (Å²) >= 11 is 2.05. The Balaban J connectivity index is 1.91. The van der Waals surface area contributed by atoms with E-state index in [1.807, 2.05) is 22.8 Å². The number of anilines is 2. The second kappa shape index (κ2) is 8.78. The minimum atomic E-state index is -0.490. The molecule has 6 nitrogen and oxygen atoms in total. The Bertz CT molecular complexity index is 1210. The number of ether oxygens (including phenoxy) is 1. The van der Waals surface area contributed by atoms with Gasteiger partial charge in [0.05, 0.1) is 23.5 Å². The Morgan fingerprint density at radius 3 is 2.67 bits per heavy atom. The second-order valence-electron chi connectivity index (χ2n) is 6.53. The van der Waals surface area contributed by atoms with E-state index < -0.39 is 11.8 Å². The van der Waals surface area contributed by atoms with Gasteiger partial charge in [0.15, 0.2) is 5.69 Å². The van der Waals surface area contributed by atoms with Crippen molar-refractivity contribution in [3.05, 3.63) is 81.8 Å². The number of benzene rings is 1. The number of hydrogen-bond acceptors (Lipinski definition) is 5. The van der Waals surface area contributed by atoms with Gasteiger partial charge in [0.25, 0.3) is 0 Å². The van der Waals surface area contributed by atoms with Crippen LogP contribution in [0.3, 0.4) is 0 Å². The molecule has 0 unspecified atom stereocenters. The fourth-order valence-corrected chi connectivity index (χ4v) is 3.75. The molecule has 30 heavy (non-hydrogen) atoms. The van der Waals surface area contributed by atoms with Gasteiger partial charge in [-0.2, -0.15) is 0 Å². The molecule has 0 radical (unpaired) electrons. The molecule has 4 rings (SSSR count). The number of rotatable bonds is 6. The van der Waals surface area contributed by atoms with Gasteiger partial charge in [0.2, 0.25) is 0 Å². The Morgan fingerprint density at radius 1 is 1.17 bits per heavy atom.